The van der Waals surface area contributed by atoms with E-state index in [1.165, 1.54) is 5.56 Å². The number of hydrogen-bond acceptors (Lipinski definition) is 2. The summed E-state index contributed by atoms with van der Waals surface area (Å²) >= 11 is 6.38. The van der Waals surface area contributed by atoms with Gasteiger partial charge in [-0.15, -0.1) is 0 Å². The van der Waals surface area contributed by atoms with Gasteiger partial charge in [0, 0.05) is 11.3 Å². The largest absolute Gasteiger partial charge is 0.508 e. The second-order valence-electron chi connectivity index (χ2n) is 6.19. The normalized spacial score (nSPS) is 31.7. The number of benzene rings is 1. The zero-order valence-electron chi connectivity index (χ0n) is 10.8. The molecule has 19 heavy (non-hydrogen) atoms. The summed E-state index contributed by atoms with van der Waals surface area (Å²) < 4.78 is 0. The predicted molar refractivity (Wildman–Crippen MR) is 74.1 cm³/mol. The molecule has 0 amide bonds. The summed E-state index contributed by atoms with van der Waals surface area (Å²) in [6.07, 6.45) is 3.87. The molecule has 0 aliphatic heterocycles. The van der Waals surface area contributed by atoms with E-state index in [4.69, 9.17) is 11.6 Å². The van der Waals surface area contributed by atoms with E-state index in [2.05, 4.69) is 0 Å². The van der Waals surface area contributed by atoms with Gasteiger partial charge in [-0.05, 0) is 60.9 Å². The van der Waals surface area contributed by atoms with Gasteiger partial charge in [-0.25, -0.2) is 0 Å². The van der Waals surface area contributed by atoms with Gasteiger partial charge in [0.1, 0.15) is 5.75 Å². The van der Waals surface area contributed by atoms with E-state index in [1.54, 1.807) is 6.07 Å². The average Bonchev–Trinajstić information content (AvgIpc) is 2.93. The van der Waals surface area contributed by atoms with Gasteiger partial charge in [-0.2, -0.15) is 0 Å². The summed E-state index contributed by atoms with van der Waals surface area (Å²) in [4.78, 5) is 12.2. The zero-order valence-corrected chi connectivity index (χ0v) is 11.5. The molecule has 1 N–H and O–H groups in total. The smallest absolute Gasteiger partial charge is 0.177 e. The van der Waals surface area contributed by atoms with Crippen LogP contribution in [-0.2, 0) is 11.2 Å². The third-order valence-corrected chi connectivity index (χ3v) is 5.68. The van der Waals surface area contributed by atoms with Crippen molar-refractivity contribution in [1.82, 2.24) is 0 Å². The van der Waals surface area contributed by atoms with Crippen LogP contribution in [0.2, 0.25) is 0 Å². The minimum absolute atomic E-state index is 0.0660. The average molecular weight is 275 g/mol. The van der Waals surface area contributed by atoms with Crippen LogP contribution in [0.25, 0.3) is 5.57 Å². The summed E-state index contributed by atoms with van der Waals surface area (Å²) in [5.41, 5.74) is 4.34. The maximum atomic E-state index is 12.2. The van der Waals surface area contributed by atoms with E-state index in [0.717, 1.165) is 42.4 Å². The molecular weight excluding hydrogens is 260 g/mol. The fraction of sp³-hybridized carbons (Fsp3) is 0.438. The maximum Gasteiger partial charge on any atom is 0.177 e. The summed E-state index contributed by atoms with van der Waals surface area (Å²) in [5.74, 6) is 0.592. The molecular formula is C16H15ClO2. The van der Waals surface area contributed by atoms with Crippen LogP contribution in [0, 0.1) is 18.3 Å². The molecule has 1 spiro atoms. The van der Waals surface area contributed by atoms with Crippen LogP contribution in [0.15, 0.2) is 17.2 Å². The third-order valence-electron chi connectivity index (χ3n) is 5.30. The maximum absolute atomic E-state index is 12.2. The number of Topliss-reactive ketones (excluding diaryl/α,β-unsaturated/α-hetero) is 1. The molecule has 0 saturated heterocycles. The van der Waals surface area contributed by atoms with Crippen molar-refractivity contribution in [2.75, 3.05) is 0 Å². The van der Waals surface area contributed by atoms with Crippen LogP contribution in [0.3, 0.4) is 0 Å². The van der Waals surface area contributed by atoms with Crippen LogP contribution >= 0.6 is 11.6 Å². The number of halogens is 1. The fourth-order valence-corrected chi connectivity index (χ4v) is 4.77. The molecule has 1 saturated carbocycles. The number of phenolic OH excluding ortho intramolecular Hbond substituents is 1. The highest BCUT2D eigenvalue weighted by molar-refractivity contribution is 6.46. The van der Waals surface area contributed by atoms with Gasteiger partial charge in [0.05, 0.1) is 5.03 Å². The number of ketones is 1. The number of carbonyl (C=O) groups is 1. The summed E-state index contributed by atoms with van der Waals surface area (Å²) in [6.45, 7) is 1.95. The predicted octanol–water partition coefficient (Wildman–Crippen LogP) is 3.58. The Morgan fingerprint density at radius 3 is 3.00 bits per heavy atom. The Morgan fingerprint density at radius 2 is 2.21 bits per heavy atom. The lowest BCUT2D eigenvalue weighted by molar-refractivity contribution is -0.118. The Balaban J connectivity index is 2.03. The van der Waals surface area contributed by atoms with Gasteiger partial charge in [-0.1, -0.05) is 17.7 Å². The number of aromatic hydroxyl groups is 1. The SMILES string of the molecule is Cc1c(O)ccc2c1C[C@]13CC[C@H](C1)C(=O)C(Cl)=C23. The summed E-state index contributed by atoms with van der Waals surface area (Å²) in [5, 5.41) is 10.3. The number of carbonyl (C=O) groups excluding carboxylic acids is 1. The van der Waals surface area contributed by atoms with E-state index in [9.17, 15) is 9.90 Å². The molecule has 0 aromatic heterocycles. The number of fused-ring (bicyclic) bond motifs is 3. The topological polar surface area (TPSA) is 37.3 Å². The molecule has 2 atom stereocenters. The molecule has 0 heterocycles. The van der Waals surface area contributed by atoms with Crippen LogP contribution < -0.4 is 0 Å². The molecule has 2 bridgehead atoms. The molecule has 0 radical (unpaired) electrons. The Morgan fingerprint density at radius 1 is 1.42 bits per heavy atom. The van der Waals surface area contributed by atoms with Gasteiger partial charge in [0.15, 0.2) is 5.78 Å². The first-order valence-corrected chi connectivity index (χ1v) is 7.17. The minimum Gasteiger partial charge on any atom is -0.508 e. The third kappa shape index (κ3) is 1.26. The Kier molecular flexibility index (Phi) is 2.08. The van der Waals surface area contributed by atoms with E-state index in [1.807, 2.05) is 13.0 Å². The Labute approximate surface area is 117 Å². The number of rotatable bonds is 0. The van der Waals surface area contributed by atoms with Gasteiger partial charge in [0.2, 0.25) is 0 Å². The highest BCUT2D eigenvalue weighted by atomic mass is 35.5. The van der Waals surface area contributed by atoms with Crippen molar-refractivity contribution in [3.8, 4) is 5.75 Å². The zero-order chi connectivity index (χ0) is 13.4. The molecule has 1 aromatic carbocycles. The van der Waals surface area contributed by atoms with Crippen LogP contribution in [0.1, 0.15) is 36.0 Å². The first-order valence-electron chi connectivity index (χ1n) is 6.80. The van der Waals surface area contributed by atoms with E-state index in [-0.39, 0.29) is 17.1 Å². The highest BCUT2D eigenvalue weighted by Crippen LogP contribution is 2.63. The Hall–Kier alpha value is -1.28. The van der Waals surface area contributed by atoms with Crippen molar-refractivity contribution in [3.05, 3.63) is 33.9 Å². The van der Waals surface area contributed by atoms with Gasteiger partial charge in [-0.3, -0.25) is 4.79 Å². The standard InChI is InChI=1S/C16H15ClO2/c1-8-11-7-16-5-4-9(6-16)15(19)14(17)13(16)10(11)2-3-12(8)18/h2-3,9,18H,4-7H2,1H3/t9-,16+/m1/s1. The molecule has 98 valence electrons. The molecule has 2 nitrogen and oxygen atoms in total. The molecule has 3 aliphatic rings. The van der Waals surface area contributed by atoms with Crippen LogP contribution in [-0.4, -0.2) is 10.9 Å². The summed E-state index contributed by atoms with van der Waals surface area (Å²) in [7, 11) is 0. The quantitative estimate of drug-likeness (QED) is 0.785. The number of allylic oxidation sites excluding steroid dienone is 2. The fourth-order valence-electron chi connectivity index (χ4n) is 4.31. The van der Waals surface area contributed by atoms with Crippen LogP contribution in [0.4, 0.5) is 0 Å². The second-order valence-corrected chi connectivity index (χ2v) is 6.56. The lowest BCUT2D eigenvalue weighted by atomic mass is 9.74. The van der Waals surface area contributed by atoms with Crippen molar-refractivity contribution in [3.63, 3.8) is 0 Å². The van der Waals surface area contributed by atoms with Gasteiger partial charge in [0.25, 0.3) is 0 Å². The van der Waals surface area contributed by atoms with E-state index >= 15 is 0 Å². The minimum atomic E-state index is 0.0660. The first-order chi connectivity index (χ1) is 9.03. The molecule has 3 aliphatic carbocycles. The van der Waals surface area contributed by atoms with E-state index in [0.29, 0.717) is 10.8 Å². The van der Waals surface area contributed by atoms with Crippen molar-refractivity contribution in [2.45, 2.75) is 32.6 Å². The number of hydrogen-bond donors (Lipinski definition) is 1. The molecule has 1 aromatic rings. The highest BCUT2D eigenvalue weighted by Gasteiger charge is 2.54. The summed E-state index contributed by atoms with van der Waals surface area (Å²) in [6, 6.07) is 3.64. The lowest BCUT2D eigenvalue weighted by Gasteiger charge is -2.30. The first kappa shape index (κ1) is 11.5. The second kappa shape index (κ2) is 3.43. The molecule has 0 unspecified atom stereocenters. The van der Waals surface area contributed by atoms with Crippen molar-refractivity contribution >= 4 is 23.0 Å². The van der Waals surface area contributed by atoms with Crippen molar-refractivity contribution in [2.24, 2.45) is 11.3 Å². The lowest BCUT2D eigenvalue weighted by Crippen LogP contribution is -2.25. The van der Waals surface area contributed by atoms with Gasteiger partial charge >= 0.3 is 0 Å². The monoisotopic (exact) mass is 274 g/mol. The van der Waals surface area contributed by atoms with Crippen LogP contribution in [0.5, 0.6) is 5.75 Å². The van der Waals surface area contributed by atoms with Crippen molar-refractivity contribution < 1.29 is 9.90 Å². The molecule has 4 rings (SSSR count). The van der Waals surface area contributed by atoms with E-state index < -0.39 is 0 Å². The molecule has 1 fully saturated rings. The van der Waals surface area contributed by atoms with Crippen molar-refractivity contribution in [1.29, 1.82) is 0 Å². The Bertz CT molecular complexity index is 659. The van der Waals surface area contributed by atoms with Gasteiger partial charge < -0.3 is 5.11 Å². The molecule has 3 heteroatoms. The number of phenols is 1.